The van der Waals surface area contributed by atoms with Crippen molar-refractivity contribution >= 4 is 5.97 Å². The van der Waals surface area contributed by atoms with Gasteiger partial charge in [-0.1, -0.05) is 13.8 Å². The Kier molecular flexibility index (Phi) is 2.74. The number of alkyl halides is 3. The molecule has 3 nitrogen and oxygen atoms in total. The molecular weight excluding hydrogens is 175 g/mol. The molecule has 1 atom stereocenters. The number of carboxylic acids is 1. The van der Waals surface area contributed by atoms with E-state index in [0.717, 1.165) is 13.8 Å². The lowest BCUT2D eigenvalue weighted by atomic mass is 9.87. The van der Waals surface area contributed by atoms with Crippen LogP contribution in [0.25, 0.3) is 0 Å². The number of carbonyl (C=O) groups is 1. The van der Waals surface area contributed by atoms with Gasteiger partial charge in [0.2, 0.25) is 5.54 Å². The van der Waals surface area contributed by atoms with Gasteiger partial charge in [-0.05, 0) is 5.92 Å². The zero-order valence-electron chi connectivity index (χ0n) is 6.64. The zero-order chi connectivity index (χ0) is 10.2. The van der Waals surface area contributed by atoms with Crippen molar-refractivity contribution in [2.24, 2.45) is 11.7 Å². The summed E-state index contributed by atoms with van der Waals surface area (Å²) in [5, 5.41) is 8.29. The molecule has 0 bridgehead atoms. The highest BCUT2D eigenvalue weighted by molar-refractivity contribution is 5.80. The molecule has 0 saturated carbocycles. The standard InChI is InChI=1S/C6H10F3NO2/c1-3(2)5(10,4(11)12)6(7,8)9/h3H,10H2,1-2H3,(H,11,12). The predicted octanol–water partition coefficient (Wildman–Crippen LogP) is 0.987. The summed E-state index contributed by atoms with van der Waals surface area (Å²) in [5.74, 6) is -3.25. The first-order chi connectivity index (χ1) is 5.14. The molecule has 0 rings (SSSR count). The molecule has 6 heteroatoms. The van der Waals surface area contributed by atoms with Crippen molar-refractivity contribution in [2.75, 3.05) is 0 Å². The van der Waals surface area contributed by atoms with Gasteiger partial charge >= 0.3 is 12.1 Å². The number of halogens is 3. The van der Waals surface area contributed by atoms with E-state index in [2.05, 4.69) is 0 Å². The largest absolute Gasteiger partial charge is 0.480 e. The Morgan fingerprint density at radius 3 is 1.75 bits per heavy atom. The first kappa shape index (κ1) is 11.2. The van der Waals surface area contributed by atoms with Crippen molar-refractivity contribution < 1.29 is 23.1 Å². The Balaban J connectivity index is 5.02. The fourth-order valence-corrected chi connectivity index (χ4v) is 0.696. The summed E-state index contributed by atoms with van der Waals surface area (Å²) in [4.78, 5) is 10.3. The highest BCUT2D eigenvalue weighted by atomic mass is 19.4. The van der Waals surface area contributed by atoms with Gasteiger partial charge in [0.05, 0.1) is 0 Å². The Hall–Kier alpha value is -0.780. The molecule has 0 amide bonds. The van der Waals surface area contributed by atoms with Gasteiger partial charge in [-0.2, -0.15) is 13.2 Å². The SMILES string of the molecule is CC(C)C(N)(C(=O)O)C(F)(F)F. The third-order valence-electron chi connectivity index (χ3n) is 1.73. The van der Waals surface area contributed by atoms with Crippen LogP contribution in [0, 0.1) is 5.92 Å². The van der Waals surface area contributed by atoms with Crippen LogP contribution in [-0.4, -0.2) is 22.8 Å². The van der Waals surface area contributed by atoms with Crippen LogP contribution in [0.4, 0.5) is 13.2 Å². The molecule has 0 aromatic carbocycles. The third kappa shape index (κ3) is 1.52. The van der Waals surface area contributed by atoms with Crippen LogP contribution >= 0.6 is 0 Å². The molecule has 0 spiro atoms. The van der Waals surface area contributed by atoms with Gasteiger partial charge in [0.25, 0.3) is 0 Å². The Bertz CT molecular complexity index is 190. The van der Waals surface area contributed by atoms with Crippen LogP contribution in [0.2, 0.25) is 0 Å². The molecule has 1 unspecified atom stereocenters. The van der Waals surface area contributed by atoms with Crippen molar-refractivity contribution in [3.63, 3.8) is 0 Å². The van der Waals surface area contributed by atoms with Crippen LogP contribution in [-0.2, 0) is 4.79 Å². The smallest absolute Gasteiger partial charge is 0.417 e. The minimum Gasteiger partial charge on any atom is -0.480 e. The van der Waals surface area contributed by atoms with E-state index < -0.39 is 23.6 Å². The Morgan fingerprint density at radius 1 is 1.42 bits per heavy atom. The monoisotopic (exact) mass is 185 g/mol. The lowest BCUT2D eigenvalue weighted by molar-refractivity contribution is -0.210. The van der Waals surface area contributed by atoms with Crippen LogP contribution in [0.1, 0.15) is 13.8 Å². The molecule has 3 N–H and O–H groups in total. The summed E-state index contributed by atoms with van der Waals surface area (Å²) in [7, 11) is 0. The second-order valence-electron chi connectivity index (χ2n) is 2.83. The van der Waals surface area contributed by atoms with Crippen LogP contribution in [0.5, 0.6) is 0 Å². The molecule has 0 aliphatic rings. The molecule has 0 saturated heterocycles. The normalized spacial score (nSPS) is 17.6. The lowest BCUT2D eigenvalue weighted by Gasteiger charge is -2.30. The van der Waals surface area contributed by atoms with Crippen LogP contribution in [0.3, 0.4) is 0 Å². The highest BCUT2D eigenvalue weighted by Crippen LogP contribution is 2.34. The minimum atomic E-state index is -4.92. The second kappa shape index (κ2) is 2.93. The Labute approximate surface area is 67.4 Å². The van der Waals surface area contributed by atoms with Gasteiger partial charge in [-0.25, -0.2) is 4.79 Å². The fraction of sp³-hybridized carbons (Fsp3) is 0.833. The number of hydrogen-bond acceptors (Lipinski definition) is 2. The van der Waals surface area contributed by atoms with E-state index in [1.165, 1.54) is 0 Å². The van der Waals surface area contributed by atoms with Crippen molar-refractivity contribution in [3.8, 4) is 0 Å². The molecule has 0 fully saturated rings. The van der Waals surface area contributed by atoms with Gasteiger partial charge in [0.1, 0.15) is 0 Å². The summed E-state index contributed by atoms with van der Waals surface area (Å²) in [5.41, 5.74) is 1.59. The highest BCUT2D eigenvalue weighted by Gasteiger charge is 2.60. The summed E-state index contributed by atoms with van der Waals surface area (Å²) < 4.78 is 36.3. The minimum absolute atomic E-state index is 1.11. The maximum Gasteiger partial charge on any atom is 0.417 e. The molecule has 0 aliphatic carbocycles. The summed E-state index contributed by atoms with van der Waals surface area (Å²) in [6.07, 6.45) is -4.92. The molecule has 0 aromatic heterocycles. The average Bonchev–Trinajstić information content (AvgIpc) is 1.82. The molecular formula is C6H10F3NO2. The van der Waals surface area contributed by atoms with E-state index in [1.54, 1.807) is 0 Å². The number of carboxylic acid groups (broad SMARTS) is 1. The predicted molar refractivity (Wildman–Crippen MR) is 35.4 cm³/mol. The Morgan fingerprint density at radius 2 is 1.75 bits per heavy atom. The number of rotatable bonds is 2. The molecule has 12 heavy (non-hydrogen) atoms. The van der Waals surface area contributed by atoms with Crippen molar-refractivity contribution in [1.82, 2.24) is 0 Å². The quantitative estimate of drug-likeness (QED) is 0.674. The lowest BCUT2D eigenvalue weighted by Crippen LogP contribution is -2.63. The van der Waals surface area contributed by atoms with Gasteiger partial charge in [0.15, 0.2) is 0 Å². The van der Waals surface area contributed by atoms with Crippen molar-refractivity contribution in [3.05, 3.63) is 0 Å². The topological polar surface area (TPSA) is 63.3 Å². The van der Waals surface area contributed by atoms with E-state index in [1.807, 2.05) is 0 Å². The van der Waals surface area contributed by atoms with E-state index in [9.17, 15) is 18.0 Å². The molecule has 0 aliphatic heterocycles. The van der Waals surface area contributed by atoms with E-state index in [0.29, 0.717) is 0 Å². The fourth-order valence-electron chi connectivity index (χ4n) is 0.696. The summed E-state index contributed by atoms with van der Waals surface area (Å²) in [6, 6.07) is 0. The van der Waals surface area contributed by atoms with Gasteiger partial charge in [-0.15, -0.1) is 0 Å². The number of aliphatic carboxylic acids is 1. The first-order valence-corrected chi connectivity index (χ1v) is 3.23. The van der Waals surface area contributed by atoms with Gasteiger partial charge in [-0.3, -0.25) is 0 Å². The van der Waals surface area contributed by atoms with Gasteiger partial charge < -0.3 is 10.8 Å². The van der Waals surface area contributed by atoms with Crippen molar-refractivity contribution in [1.29, 1.82) is 0 Å². The number of hydrogen-bond donors (Lipinski definition) is 2. The zero-order valence-corrected chi connectivity index (χ0v) is 6.64. The maximum absolute atomic E-state index is 12.1. The van der Waals surface area contributed by atoms with Gasteiger partial charge in [0, 0.05) is 0 Å². The van der Waals surface area contributed by atoms with E-state index in [4.69, 9.17) is 10.8 Å². The van der Waals surface area contributed by atoms with Crippen LogP contribution < -0.4 is 5.73 Å². The number of nitrogens with two attached hydrogens (primary N) is 1. The van der Waals surface area contributed by atoms with E-state index in [-0.39, 0.29) is 0 Å². The maximum atomic E-state index is 12.1. The summed E-state index contributed by atoms with van der Waals surface area (Å²) in [6.45, 7) is 2.23. The second-order valence-corrected chi connectivity index (χ2v) is 2.83. The summed E-state index contributed by atoms with van der Waals surface area (Å²) >= 11 is 0. The van der Waals surface area contributed by atoms with Crippen molar-refractivity contribution in [2.45, 2.75) is 25.6 Å². The molecule has 0 heterocycles. The third-order valence-corrected chi connectivity index (χ3v) is 1.73. The average molecular weight is 185 g/mol. The molecule has 72 valence electrons. The molecule has 0 aromatic rings. The van der Waals surface area contributed by atoms with E-state index >= 15 is 0 Å². The molecule has 0 radical (unpaired) electrons. The van der Waals surface area contributed by atoms with Crippen LogP contribution in [0.15, 0.2) is 0 Å². The first-order valence-electron chi connectivity index (χ1n) is 3.23.